The van der Waals surface area contributed by atoms with Crippen LogP contribution in [0.15, 0.2) is 40.2 Å². The van der Waals surface area contributed by atoms with Crippen LogP contribution in [0.5, 0.6) is 11.5 Å². The normalized spacial score (nSPS) is 10.5. The number of carbonyl (C=O) groups excluding carboxylic acids is 1. The quantitative estimate of drug-likeness (QED) is 0.698. The van der Waals surface area contributed by atoms with E-state index in [2.05, 4.69) is 15.5 Å². The van der Waals surface area contributed by atoms with Gasteiger partial charge in [-0.15, -0.1) is 11.3 Å². The minimum atomic E-state index is -0.209. The smallest absolute Gasteiger partial charge is 0.251 e. The summed E-state index contributed by atoms with van der Waals surface area (Å²) in [6.07, 6.45) is 0.456. The van der Waals surface area contributed by atoms with Crippen molar-refractivity contribution in [1.29, 1.82) is 0 Å². The van der Waals surface area contributed by atoms with Crippen molar-refractivity contribution in [3.8, 4) is 22.2 Å². The number of hydrogen-bond donors (Lipinski definition) is 1. The lowest BCUT2D eigenvalue weighted by atomic mass is 10.2. The van der Waals surface area contributed by atoms with Gasteiger partial charge in [0.2, 0.25) is 11.7 Å². The van der Waals surface area contributed by atoms with Gasteiger partial charge in [0.05, 0.1) is 19.1 Å². The molecule has 0 unspecified atom stereocenters. The molecule has 3 aromatic rings. The molecule has 2 aromatic heterocycles. The number of carbonyl (C=O) groups is 1. The number of amides is 1. The number of thiophene rings is 1. The van der Waals surface area contributed by atoms with Crippen molar-refractivity contribution in [3.05, 3.63) is 47.2 Å². The van der Waals surface area contributed by atoms with Crippen LogP contribution in [-0.4, -0.2) is 36.8 Å². The minimum absolute atomic E-state index is 0.209. The van der Waals surface area contributed by atoms with Crippen LogP contribution < -0.4 is 14.8 Å². The predicted octanol–water partition coefficient (Wildman–Crippen LogP) is 2.79. The monoisotopic (exact) mass is 359 g/mol. The van der Waals surface area contributed by atoms with E-state index in [4.69, 9.17) is 14.0 Å². The van der Waals surface area contributed by atoms with Crippen LogP contribution in [-0.2, 0) is 6.42 Å². The van der Waals surface area contributed by atoms with Gasteiger partial charge in [-0.3, -0.25) is 4.79 Å². The molecular weight excluding hydrogens is 342 g/mol. The molecule has 3 rings (SSSR count). The van der Waals surface area contributed by atoms with E-state index in [1.165, 1.54) is 7.11 Å². The SMILES string of the molecule is COc1ccc(C(=O)NCCc2nc(-c3cccs3)no2)cc1OC. The molecule has 130 valence electrons. The Kier molecular flexibility index (Phi) is 5.30. The summed E-state index contributed by atoms with van der Waals surface area (Å²) in [6.45, 7) is 0.388. The van der Waals surface area contributed by atoms with Crippen LogP contribution in [0, 0.1) is 0 Å². The summed E-state index contributed by atoms with van der Waals surface area (Å²) in [5.74, 6) is 1.92. The molecule has 1 amide bonds. The zero-order valence-electron chi connectivity index (χ0n) is 13.8. The molecule has 0 aliphatic heterocycles. The lowest BCUT2D eigenvalue weighted by Crippen LogP contribution is -2.25. The minimum Gasteiger partial charge on any atom is -0.493 e. The van der Waals surface area contributed by atoms with Gasteiger partial charge < -0.3 is 19.3 Å². The van der Waals surface area contributed by atoms with Crippen molar-refractivity contribution in [2.45, 2.75) is 6.42 Å². The first kappa shape index (κ1) is 17.0. The first-order valence-corrected chi connectivity index (χ1v) is 8.46. The van der Waals surface area contributed by atoms with Crippen molar-refractivity contribution in [2.24, 2.45) is 0 Å². The van der Waals surface area contributed by atoms with Crippen molar-refractivity contribution in [2.75, 3.05) is 20.8 Å². The third-order valence-electron chi connectivity index (χ3n) is 3.48. The first-order chi connectivity index (χ1) is 12.2. The first-order valence-electron chi connectivity index (χ1n) is 7.58. The van der Waals surface area contributed by atoms with E-state index in [-0.39, 0.29) is 5.91 Å². The zero-order chi connectivity index (χ0) is 17.6. The molecule has 7 nitrogen and oxygen atoms in total. The topological polar surface area (TPSA) is 86.5 Å². The standard InChI is InChI=1S/C17H17N3O4S/c1-22-12-6-5-11(10-13(12)23-2)17(21)18-8-7-15-19-16(20-24-15)14-4-3-9-25-14/h3-6,9-10H,7-8H2,1-2H3,(H,18,21). The lowest BCUT2D eigenvalue weighted by Gasteiger charge is -2.09. The number of nitrogens with one attached hydrogen (secondary N) is 1. The maximum atomic E-state index is 12.2. The third kappa shape index (κ3) is 3.97. The van der Waals surface area contributed by atoms with E-state index in [9.17, 15) is 4.79 Å². The molecule has 0 aliphatic carbocycles. The molecule has 8 heteroatoms. The molecule has 0 aliphatic rings. The Morgan fingerprint density at radius 2 is 2.08 bits per heavy atom. The molecule has 0 bridgehead atoms. The summed E-state index contributed by atoms with van der Waals surface area (Å²) in [4.78, 5) is 17.5. The van der Waals surface area contributed by atoms with Crippen molar-refractivity contribution in [1.82, 2.24) is 15.5 Å². The van der Waals surface area contributed by atoms with Gasteiger partial charge in [-0.25, -0.2) is 0 Å². The van der Waals surface area contributed by atoms with E-state index in [0.29, 0.717) is 41.7 Å². The molecule has 1 N–H and O–H groups in total. The molecule has 0 atom stereocenters. The predicted molar refractivity (Wildman–Crippen MR) is 93.2 cm³/mol. The molecule has 0 radical (unpaired) electrons. The Balaban J connectivity index is 1.56. The maximum Gasteiger partial charge on any atom is 0.251 e. The number of rotatable bonds is 7. The number of ether oxygens (including phenoxy) is 2. The summed E-state index contributed by atoms with van der Waals surface area (Å²) < 4.78 is 15.6. The Morgan fingerprint density at radius 3 is 2.80 bits per heavy atom. The molecule has 0 spiro atoms. The summed E-state index contributed by atoms with van der Waals surface area (Å²) >= 11 is 1.54. The average molecular weight is 359 g/mol. The second-order valence-electron chi connectivity index (χ2n) is 5.06. The molecular formula is C17H17N3O4S. The van der Waals surface area contributed by atoms with Gasteiger partial charge in [0.15, 0.2) is 11.5 Å². The van der Waals surface area contributed by atoms with Gasteiger partial charge in [0, 0.05) is 18.5 Å². The van der Waals surface area contributed by atoms with Crippen LogP contribution in [0.2, 0.25) is 0 Å². The number of nitrogens with zero attached hydrogens (tertiary/aromatic N) is 2. The van der Waals surface area contributed by atoms with Crippen LogP contribution >= 0.6 is 11.3 Å². The van der Waals surface area contributed by atoms with Crippen LogP contribution in [0.4, 0.5) is 0 Å². The highest BCUT2D eigenvalue weighted by Gasteiger charge is 2.12. The van der Waals surface area contributed by atoms with Gasteiger partial charge in [-0.05, 0) is 29.6 Å². The maximum absolute atomic E-state index is 12.2. The number of aromatic nitrogens is 2. The highest BCUT2D eigenvalue weighted by atomic mass is 32.1. The van der Waals surface area contributed by atoms with Gasteiger partial charge in [0.25, 0.3) is 5.91 Å². The van der Waals surface area contributed by atoms with Gasteiger partial charge in [0.1, 0.15) is 0 Å². The lowest BCUT2D eigenvalue weighted by molar-refractivity contribution is 0.0953. The molecule has 2 heterocycles. The highest BCUT2D eigenvalue weighted by Crippen LogP contribution is 2.27. The van der Waals surface area contributed by atoms with Gasteiger partial charge in [-0.1, -0.05) is 11.2 Å². The zero-order valence-corrected chi connectivity index (χ0v) is 14.6. The average Bonchev–Trinajstić information content (AvgIpc) is 3.32. The van der Waals surface area contributed by atoms with E-state index in [1.807, 2.05) is 17.5 Å². The Morgan fingerprint density at radius 1 is 1.24 bits per heavy atom. The van der Waals surface area contributed by atoms with Crippen molar-refractivity contribution >= 4 is 17.2 Å². The van der Waals surface area contributed by atoms with Crippen molar-refractivity contribution < 1.29 is 18.8 Å². The Bertz CT molecular complexity index is 845. The molecule has 0 saturated heterocycles. The molecule has 1 aromatic carbocycles. The molecule has 0 saturated carbocycles. The second kappa shape index (κ2) is 7.80. The molecule has 0 fully saturated rings. The van der Waals surface area contributed by atoms with E-state index in [1.54, 1.807) is 36.6 Å². The summed E-state index contributed by atoms with van der Waals surface area (Å²) in [6, 6.07) is 8.87. The van der Waals surface area contributed by atoms with Crippen LogP contribution in [0.1, 0.15) is 16.2 Å². The van der Waals surface area contributed by atoms with Gasteiger partial charge >= 0.3 is 0 Å². The van der Waals surface area contributed by atoms with Gasteiger partial charge in [-0.2, -0.15) is 4.98 Å². The molecule has 25 heavy (non-hydrogen) atoms. The van der Waals surface area contributed by atoms with Crippen LogP contribution in [0.25, 0.3) is 10.7 Å². The summed E-state index contributed by atoms with van der Waals surface area (Å²) in [7, 11) is 3.08. The van der Waals surface area contributed by atoms with E-state index >= 15 is 0 Å². The fourth-order valence-corrected chi connectivity index (χ4v) is 2.87. The van der Waals surface area contributed by atoms with Crippen LogP contribution in [0.3, 0.4) is 0 Å². The van der Waals surface area contributed by atoms with Crippen molar-refractivity contribution in [3.63, 3.8) is 0 Å². The highest BCUT2D eigenvalue weighted by molar-refractivity contribution is 7.13. The number of hydrogen-bond acceptors (Lipinski definition) is 7. The largest absolute Gasteiger partial charge is 0.493 e. The third-order valence-corrected chi connectivity index (χ3v) is 4.35. The number of methoxy groups -OCH3 is 2. The van der Waals surface area contributed by atoms with E-state index in [0.717, 1.165) is 4.88 Å². The summed E-state index contributed by atoms with van der Waals surface area (Å²) in [5, 5.41) is 8.71. The second-order valence-corrected chi connectivity index (χ2v) is 6.01. The fourth-order valence-electron chi connectivity index (χ4n) is 2.22. The number of benzene rings is 1. The summed E-state index contributed by atoms with van der Waals surface area (Å²) in [5.41, 5.74) is 0.488. The Labute approximate surface area is 148 Å². The van der Waals surface area contributed by atoms with E-state index < -0.39 is 0 Å². The Hall–Kier alpha value is -2.87. The fraction of sp³-hybridized carbons (Fsp3) is 0.235.